The summed E-state index contributed by atoms with van der Waals surface area (Å²) in [5, 5.41) is 3.47. The minimum absolute atomic E-state index is 0.448. The highest BCUT2D eigenvalue weighted by molar-refractivity contribution is 7.99. The summed E-state index contributed by atoms with van der Waals surface area (Å²) in [6.07, 6.45) is 2.78. The highest BCUT2D eigenvalue weighted by atomic mass is 32.2. The Bertz CT molecular complexity index is 375. The van der Waals surface area contributed by atoms with Gasteiger partial charge in [0.1, 0.15) is 0 Å². The Kier molecular flexibility index (Phi) is 6.21. The Balaban J connectivity index is 1.80. The Morgan fingerprint density at radius 3 is 2.84 bits per heavy atom. The SMILES string of the molecule is CCNC(C)c1cccc(SCCN2CCCC2)c1. The highest BCUT2D eigenvalue weighted by Gasteiger charge is 2.10. The van der Waals surface area contributed by atoms with Gasteiger partial charge in [-0.2, -0.15) is 0 Å². The quantitative estimate of drug-likeness (QED) is 0.768. The number of likely N-dealkylation sites (tertiary alicyclic amines) is 1. The normalized spacial score (nSPS) is 17.8. The summed E-state index contributed by atoms with van der Waals surface area (Å²) in [5.74, 6) is 1.21. The lowest BCUT2D eigenvalue weighted by Gasteiger charge is -2.15. The smallest absolute Gasteiger partial charge is 0.0292 e. The summed E-state index contributed by atoms with van der Waals surface area (Å²) in [7, 11) is 0. The molecule has 1 heterocycles. The second-order valence-corrected chi connectivity index (χ2v) is 6.42. The number of benzene rings is 1. The van der Waals surface area contributed by atoms with Crippen LogP contribution in [0.25, 0.3) is 0 Å². The Morgan fingerprint density at radius 1 is 1.32 bits per heavy atom. The summed E-state index contributed by atoms with van der Waals surface area (Å²) >= 11 is 1.99. The summed E-state index contributed by atoms with van der Waals surface area (Å²) in [6.45, 7) is 9.25. The van der Waals surface area contributed by atoms with Crippen molar-refractivity contribution in [3.05, 3.63) is 29.8 Å². The molecular formula is C16H26N2S. The molecule has 2 nitrogen and oxygen atoms in total. The van der Waals surface area contributed by atoms with Crippen molar-refractivity contribution in [2.24, 2.45) is 0 Å². The minimum atomic E-state index is 0.448. The standard InChI is InChI=1S/C16H26N2S/c1-3-17-14(2)15-7-6-8-16(13-15)19-12-11-18-9-4-5-10-18/h6-8,13-14,17H,3-5,9-12H2,1-2H3. The van der Waals surface area contributed by atoms with Crippen LogP contribution >= 0.6 is 11.8 Å². The van der Waals surface area contributed by atoms with Crippen LogP contribution in [-0.4, -0.2) is 36.8 Å². The van der Waals surface area contributed by atoms with Crippen molar-refractivity contribution in [3.8, 4) is 0 Å². The van der Waals surface area contributed by atoms with E-state index in [9.17, 15) is 0 Å². The van der Waals surface area contributed by atoms with Crippen LogP contribution in [0, 0.1) is 0 Å². The lowest BCUT2D eigenvalue weighted by molar-refractivity contribution is 0.362. The van der Waals surface area contributed by atoms with E-state index in [1.165, 1.54) is 48.7 Å². The van der Waals surface area contributed by atoms with Crippen molar-refractivity contribution in [1.82, 2.24) is 10.2 Å². The maximum atomic E-state index is 3.47. The molecule has 1 aliphatic heterocycles. The van der Waals surface area contributed by atoms with Gasteiger partial charge in [-0.3, -0.25) is 0 Å². The summed E-state index contributed by atoms with van der Waals surface area (Å²) < 4.78 is 0. The van der Waals surface area contributed by atoms with Gasteiger partial charge in [0.25, 0.3) is 0 Å². The van der Waals surface area contributed by atoms with E-state index in [2.05, 4.69) is 48.3 Å². The molecule has 1 N–H and O–H groups in total. The van der Waals surface area contributed by atoms with Gasteiger partial charge < -0.3 is 10.2 Å². The van der Waals surface area contributed by atoms with Crippen molar-refractivity contribution in [3.63, 3.8) is 0 Å². The molecule has 1 saturated heterocycles. The average Bonchev–Trinajstić information content (AvgIpc) is 2.93. The highest BCUT2D eigenvalue weighted by Crippen LogP contribution is 2.22. The molecule has 1 aromatic carbocycles. The maximum absolute atomic E-state index is 3.47. The zero-order valence-corrected chi connectivity index (χ0v) is 13.0. The van der Waals surface area contributed by atoms with Gasteiger partial charge in [-0.15, -0.1) is 11.8 Å². The first kappa shape index (κ1) is 14.9. The Morgan fingerprint density at radius 2 is 2.11 bits per heavy atom. The molecule has 106 valence electrons. The third-order valence-corrected chi connectivity index (χ3v) is 4.72. The van der Waals surface area contributed by atoms with Crippen LogP contribution in [0.5, 0.6) is 0 Å². The van der Waals surface area contributed by atoms with E-state index in [-0.39, 0.29) is 0 Å². The lowest BCUT2D eigenvalue weighted by Crippen LogP contribution is -2.21. The fourth-order valence-corrected chi connectivity index (χ4v) is 3.58. The molecule has 1 fully saturated rings. The molecule has 1 unspecified atom stereocenters. The molecule has 0 radical (unpaired) electrons. The van der Waals surface area contributed by atoms with Crippen molar-refractivity contribution >= 4 is 11.8 Å². The monoisotopic (exact) mass is 278 g/mol. The van der Waals surface area contributed by atoms with Gasteiger partial charge in [0.05, 0.1) is 0 Å². The first-order chi connectivity index (χ1) is 9.29. The average molecular weight is 278 g/mol. The van der Waals surface area contributed by atoms with Crippen LogP contribution in [0.2, 0.25) is 0 Å². The first-order valence-corrected chi connectivity index (χ1v) is 8.46. The molecule has 1 atom stereocenters. The van der Waals surface area contributed by atoms with E-state index in [0.717, 1.165) is 6.54 Å². The van der Waals surface area contributed by atoms with Gasteiger partial charge >= 0.3 is 0 Å². The number of nitrogens with zero attached hydrogens (tertiary/aromatic N) is 1. The van der Waals surface area contributed by atoms with Crippen LogP contribution in [0.4, 0.5) is 0 Å². The summed E-state index contributed by atoms with van der Waals surface area (Å²) in [6, 6.07) is 9.42. The summed E-state index contributed by atoms with van der Waals surface area (Å²) in [5.41, 5.74) is 1.40. The van der Waals surface area contributed by atoms with Crippen LogP contribution in [-0.2, 0) is 0 Å². The van der Waals surface area contributed by atoms with Gasteiger partial charge in [0, 0.05) is 23.2 Å². The Hall–Kier alpha value is -0.510. The number of hydrogen-bond donors (Lipinski definition) is 1. The number of thioether (sulfide) groups is 1. The molecule has 3 heteroatoms. The second-order valence-electron chi connectivity index (χ2n) is 5.25. The third kappa shape index (κ3) is 4.83. The molecule has 0 aromatic heterocycles. The van der Waals surface area contributed by atoms with Gasteiger partial charge in [-0.1, -0.05) is 19.1 Å². The van der Waals surface area contributed by atoms with Gasteiger partial charge in [-0.05, 0) is 57.1 Å². The molecule has 0 bridgehead atoms. The van der Waals surface area contributed by atoms with Crippen LogP contribution < -0.4 is 5.32 Å². The van der Waals surface area contributed by atoms with E-state index in [1.54, 1.807) is 0 Å². The van der Waals surface area contributed by atoms with Crippen LogP contribution in [0.3, 0.4) is 0 Å². The van der Waals surface area contributed by atoms with E-state index in [1.807, 2.05) is 11.8 Å². The molecule has 0 spiro atoms. The molecule has 0 saturated carbocycles. The zero-order valence-electron chi connectivity index (χ0n) is 12.2. The molecular weight excluding hydrogens is 252 g/mol. The van der Waals surface area contributed by atoms with Crippen molar-refractivity contribution in [2.75, 3.05) is 31.9 Å². The Labute approximate surface area is 122 Å². The van der Waals surface area contributed by atoms with Crippen LogP contribution in [0.15, 0.2) is 29.2 Å². The van der Waals surface area contributed by atoms with E-state index >= 15 is 0 Å². The van der Waals surface area contributed by atoms with Crippen molar-refractivity contribution in [2.45, 2.75) is 37.6 Å². The van der Waals surface area contributed by atoms with Crippen molar-refractivity contribution < 1.29 is 0 Å². The molecule has 1 aliphatic rings. The van der Waals surface area contributed by atoms with Gasteiger partial charge in [0.15, 0.2) is 0 Å². The van der Waals surface area contributed by atoms with Crippen molar-refractivity contribution in [1.29, 1.82) is 0 Å². The number of rotatable bonds is 7. The molecule has 19 heavy (non-hydrogen) atoms. The predicted octanol–water partition coefficient (Wildman–Crippen LogP) is 3.55. The van der Waals surface area contributed by atoms with E-state index in [0.29, 0.717) is 6.04 Å². The summed E-state index contributed by atoms with van der Waals surface area (Å²) in [4.78, 5) is 3.99. The largest absolute Gasteiger partial charge is 0.310 e. The third-order valence-electron chi connectivity index (χ3n) is 3.74. The zero-order chi connectivity index (χ0) is 13.5. The van der Waals surface area contributed by atoms with E-state index < -0.39 is 0 Å². The second kappa shape index (κ2) is 7.93. The first-order valence-electron chi connectivity index (χ1n) is 7.48. The van der Waals surface area contributed by atoms with E-state index in [4.69, 9.17) is 0 Å². The fraction of sp³-hybridized carbons (Fsp3) is 0.625. The maximum Gasteiger partial charge on any atom is 0.0292 e. The van der Waals surface area contributed by atoms with Gasteiger partial charge in [0.2, 0.25) is 0 Å². The molecule has 2 rings (SSSR count). The number of hydrogen-bond acceptors (Lipinski definition) is 3. The van der Waals surface area contributed by atoms with Crippen LogP contribution in [0.1, 0.15) is 38.3 Å². The molecule has 0 amide bonds. The molecule has 1 aromatic rings. The van der Waals surface area contributed by atoms with Gasteiger partial charge in [-0.25, -0.2) is 0 Å². The predicted molar refractivity (Wildman–Crippen MR) is 84.9 cm³/mol. The molecule has 0 aliphatic carbocycles. The fourth-order valence-electron chi connectivity index (χ4n) is 2.60. The topological polar surface area (TPSA) is 15.3 Å². The minimum Gasteiger partial charge on any atom is -0.310 e. The lowest BCUT2D eigenvalue weighted by atomic mass is 10.1. The number of nitrogens with one attached hydrogen (secondary N) is 1.